The van der Waals surface area contributed by atoms with Crippen LogP contribution in [0.5, 0.6) is 0 Å². The smallest absolute Gasteiger partial charge is 0.0792 e. The normalized spacial score (nSPS) is 12.8. The van der Waals surface area contributed by atoms with Gasteiger partial charge in [0, 0.05) is 13.0 Å². The summed E-state index contributed by atoms with van der Waals surface area (Å²) in [6, 6.07) is 0. The molecule has 0 aliphatic heterocycles. The molecule has 3 heteroatoms. The fourth-order valence-corrected chi connectivity index (χ4v) is 1.58. The molecular weight excluding hydrogens is 186 g/mol. The lowest BCUT2D eigenvalue weighted by Gasteiger charge is -2.25. The highest BCUT2D eigenvalue weighted by atomic mass is 15.3. The molecule has 0 rings (SSSR count). The van der Waals surface area contributed by atoms with Gasteiger partial charge in [-0.25, -0.2) is 0 Å². The third kappa shape index (κ3) is 11.8. The Balaban J connectivity index is 3.37. The molecule has 0 N–H and O–H groups in total. The van der Waals surface area contributed by atoms with E-state index >= 15 is 0 Å². The summed E-state index contributed by atoms with van der Waals surface area (Å²) in [4.78, 5) is 4.69. The standard InChI is InChI=1S/C12H30N3/c1-13(2)9-7-10-14(3)11-8-12-15(4,5)6/h7-12H2,1-6H3/q+1. The van der Waals surface area contributed by atoms with Crippen LogP contribution < -0.4 is 0 Å². The predicted octanol–water partition coefficient (Wildman–Crippen LogP) is 0.966. The van der Waals surface area contributed by atoms with Crippen LogP contribution in [0, 0.1) is 0 Å². The minimum Gasteiger partial charge on any atom is -0.331 e. The molecule has 0 saturated heterocycles. The highest BCUT2D eigenvalue weighted by Crippen LogP contribution is 1.96. The molecule has 0 unspecified atom stereocenters. The summed E-state index contributed by atoms with van der Waals surface area (Å²) < 4.78 is 1.07. The van der Waals surface area contributed by atoms with Gasteiger partial charge in [-0.2, -0.15) is 0 Å². The molecule has 0 fully saturated rings. The monoisotopic (exact) mass is 216 g/mol. The van der Waals surface area contributed by atoms with Crippen LogP contribution >= 0.6 is 0 Å². The predicted molar refractivity (Wildman–Crippen MR) is 68.2 cm³/mol. The molecule has 0 spiro atoms. The van der Waals surface area contributed by atoms with Crippen LogP contribution in [0.4, 0.5) is 0 Å². The van der Waals surface area contributed by atoms with Gasteiger partial charge in [-0.1, -0.05) is 0 Å². The van der Waals surface area contributed by atoms with Crippen molar-refractivity contribution in [3.05, 3.63) is 0 Å². The van der Waals surface area contributed by atoms with Gasteiger partial charge in [-0.15, -0.1) is 0 Å². The van der Waals surface area contributed by atoms with Gasteiger partial charge >= 0.3 is 0 Å². The van der Waals surface area contributed by atoms with E-state index in [1.54, 1.807) is 0 Å². The Kier molecular flexibility index (Phi) is 7.14. The van der Waals surface area contributed by atoms with Crippen LogP contribution in [0.1, 0.15) is 12.8 Å². The average Bonchev–Trinajstić information content (AvgIpc) is 2.00. The number of nitrogens with zero attached hydrogens (tertiary/aromatic N) is 3. The van der Waals surface area contributed by atoms with Gasteiger partial charge in [-0.3, -0.25) is 0 Å². The van der Waals surface area contributed by atoms with Crippen LogP contribution in [-0.2, 0) is 0 Å². The van der Waals surface area contributed by atoms with E-state index in [1.165, 1.54) is 39.0 Å². The molecule has 0 heterocycles. The molecule has 0 aliphatic carbocycles. The van der Waals surface area contributed by atoms with E-state index in [1.807, 2.05) is 0 Å². The maximum absolute atomic E-state index is 2.44. The Hall–Kier alpha value is -0.120. The van der Waals surface area contributed by atoms with Crippen molar-refractivity contribution in [2.45, 2.75) is 12.8 Å². The van der Waals surface area contributed by atoms with Crippen LogP contribution in [0.15, 0.2) is 0 Å². The number of hydrogen-bond acceptors (Lipinski definition) is 2. The number of rotatable bonds is 8. The van der Waals surface area contributed by atoms with Gasteiger partial charge in [0.2, 0.25) is 0 Å². The molecule has 0 aromatic carbocycles. The van der Waals surface area contributed by atoms with Gasteiger partial charge in [0.15, 0.2) is 0 Å². The lowest BCUT2D eigenvalue weighted by Crippen LogP contribution is -2.37. The van der Waals surface area contributed by atoms with Crippen LogP contribution in [0.2, 0.25) is 0 Å². The van der Waals surface area contributed by atoms with E-state index in [4.69, 9.17) is 0 Å². The zero-order valence-corrected chi connectivity index (χ0v) is 11.6. The van der Waals surface area contributed by atoms with Crippen molar-refractivity contribution in [2.24, 2.45) is 0 Å². The molecule has 0 radical (unpaired) electrons. The van der Waals surface area contributed by atoms with Crippen molar-refractivity contribution in [1.82, 2.24) is 9.80 Å². The van der Waals surface area contributed by atoms with Crippen molar-refractivity contribution < 1.29 is 4.48 Å². The zero-order chi connectivity index (χ0) is 11.9. The topological polar surface area (TPSA) is 6.48 Å². The van der Waals surface area contributed by atoms with Crippen molar-refractivity contribution in [2.75, 3.05) is 68.5 Å². The van der Waals surface area contributed by atoms with Gasteiger partial charge in [-0.05, 0) is 40.7 Å². The fraction of sp³-hybridized carbons (Fsp3) is 1.00. The van der Waals surface area contributed by atoms with Gasteiger partial charge in [0.1, 0.15) is 0 Å². The Bertz CT molecular complexity index is 149. The first-order valence-corrected chi connectivity index (χ1v) is 5.95. The second-order valence-electron chi connectivity index (χ2n) is 5.83. The highest BCUT2D eigenvalue weighted by molar-refractivity contribution is 4.53. The van der Waals surface area contributed by atoms with Crippen molar-refractivity contribution >= 4 is 0 Å². The molecule has 0 saturated carbocycles. The third-order valence-corrected chi connectivity index (χ3v) is 2.51. The summed E-state index contributed by atoms with van der Waals surface area (Å²) in [5.41, 5.74) is 0. The van der Waals surface area contributed by atoms with Crippen LogP contribution in [0.25, 0.3) is 0 Å². The first-order valence-electron chi connectivity index (χ1n) is 5.95. The summed E-state index contributed by atoms with van der Waals surface area (Å²) in [7, 11) is 13.3. The number of hydrogen-bond donors (Lipinski definition) is 0. The summed E-state index contributed by atoms with van der Waals surface area (Å²) in [6.07, 6.45) is 2.57. The second kappa shape index (κ2) is 7.20. The van der Waals surface area contributed by atoms with E-state index in [9.17, 15) is 0 Å². The summed E-state index contributed by atoms with van der Waals surface area (Å²) in [6.45, 7) is 4.90. The second-order valence-corrected chi connectivity index (χ2v) is 5.83. The summed E-state index contributed by atoms with van der Waals surface area (Å²) >= 11 is 0. The minimum absolute atomic E-state index is 1.07. The molecule has 0 aromatic rings. The maximum atomic E-state index is 2.44. The summed E-state index contributed by atoms with van der Waals surface area (Å²) in [5, 5.41) is 0. The molecule has 0 atom stereocenters. The van der Waals surface area contributed by atoms with Gasteiger partial charge in [0.25, 0.3) is 0 Å². The quantitative estimate of drug-likeness (QED) is 0.558. The minimum atomic E-state index is 1.07. The Morgan fingerprint density at radius 1 is 0.800 bits per heavy atom. The van der Waals surface area contributed by atoms with E-state index in [0.717, 1.165) is 4.48 Å². The molecule has 15 heavy (non-hydrogen) atoms. The zero-order valence-electron chi connectivity index (χ0n) is 11.6. The Labute approximate surface area is 96.2 Å². The first kappa shape index (κ1) is 14.9. The molecular formula is C12H30N3+. The van der Waals surface area contributed by atoms with Crippen LogP contribution in [0.3, 0.4) is 0 Å². The molecule has 0 bridgehead atoms. The Morgan fingerprint density at radius 3 is 1.80 bits per heavy atom. The SMILES string of the molecule is CN(C)CCCN(C)CCC[N+](C)(C)C. The summed E-state index contributed by atoms with van der Waals surface area (Å²) in [5.74, 6) is 0. The lowest BCUT2D eigenvalue weighted by molar-refractivity contribution is -0.870. The van der Waals surface area contributed by atoms with Crippen molar-refractivity contribution in [3.63, 3.8) is 0 Å². The Morgan fingerprint density at radius 2 is 1.33 bits per heavy atom. The fourth-order valence-electron chi connectivity index (χ4n) is 1.58. The molecule has 92 valence electrons. The molecule has 0 amide bonds. The lowest BCUT2D eigenvalue weighted by atomic mass is 10.3. The van der Waals surface area contributed by atoms with E-state index in [-0.39, 0.29) is 0 Å². The van der Waals surface area contributed by atoms with Gasteiger partial charge < -0.3 is 14.3 Å². The number of quaternary nitrogens is 1. The molecule has 0 aromatic heterocycles. The first-order chi connectivity index (χ1) is 6.81. The molecule has 0 aliphatic rings. The highest BCUT2D eigenvalue weighted by Gasteiger charge is 2.07. The van der Waals surface area contributed by atoms with Crippen molar-refractivity contribution in [3.8, 4) is 0 Å². The molecule has 3 nitrogen and oxygen atoms in total. The van der Waals surface area contributed by atoms with Gasteiger partial charge in [0.05, 0.1) is 27.7 Å². The van der Waals surface area contributed by atoms with Crippen molar-refractivity contribution in [1.29, 1.82) is 0 Å². The largest absolute Gasteiger partial charge is 0.331 e. The van der Waals surface area contributed by atoms with Crippen LogP contribution in [-0.4, -0.2) is 82.7 Å². The maximum Gasteiger partial charge on any atom is 0.0792 e. The van der Waals surface area contributed by atoms with E-state index in [2.05, 4.69) is 52.1 Å². The third-order valence-electron chi connectivity index (χ3n) is 2.51. The van der Waals surface area contributed by atoms with E-state index < -0.39 is 0 Å². The van der Waals surface area contributed by atoms with E-state index in [0.29, 0.717) is 0 Å². The average molecular weight is 216 g/mol.